The number of methoxy groups -OCH3 is 1. The number of nitrogens with zero attached hydrogens (tertiary/aromatic N) is 2. The van der Waals surface area contributed by atoms with Gasteiger partial charge in [0.2, 0.25) is 0 Å². The predicted octanol–water partition coefficient (Wildman–Crippen LogP) is 3.76. The molecule has 2 aromatic carbocycles. The van der Waals surface area contributed by atoms with Crippen LogP contribution < -0.4 is 20.3 Å². The van der Waals surface area contributed by atoms with Crippen LogP contribution in [0.2, 0.25) is 0 Å². The second-order valence-electron chi connectivity index (χ2n) is 7.26. The molecule has 3 rings (SSSR count). The minimum absolute atomic E-state index is 0.186. The number of hydrogen-bond donors (Lipinski definition) is 2. The molecule has 2 aromatic rings. The molecule has 0 spiro atoms. The minimum atomic E-state index is 0.186. The number of ether oxygens (including phenoxy) is 1. The lowest BCUT2D eigenvalue weighted by molar-refractivity contribution is 0.414. The molecule has 1 aliphatic rings. The van der Waals surface area contributed by atoms with Crippen molar-refractivity contribution in [2.45, 2.75) is 32.2 Å². The summed E-state index contributed by atoms with van der Waals surface area (Å²) in [5.41, 5.74) is 3.85. The zero-order valence-electron chi connectivity index (χ0n) is 17.2. The van der Waals surface area contributed by atoms with Crippen molar-refractivity contribution in [1.82, 2.24) is 10.6 Å². The monoisotopic (exact) mass is 380 g/mol. The van der Waals surface area contributed by atoms with Gasteiger partial charge >= 0.3 is 0 Å². The highest BCUT2D eigenvalue weighted by Crippen LogP contribution is 2.24. The van der Waals surface area contributed by atoms with Crippen LogP contribution in [-0.4, -0.2) is 39.8 Å². The summed E-state index contributed by atoms with van der Waals surface area (Å²) in [7, 11) is 3.51. The van der Waals surface area contributed by atoms with Crippen LogP contribution in [0.25, 0.3) is 0 Å². The van der Waals surface area contributed by atoms with Crippen molar-refractivity contribution in [3.05, 3.63) is 59.7 Å². The van der Waals surface area contributed by atoms with Gasteiger partial charge in [0.1, 0.15) is 5.75 Å². The van der Waals surface area contributed by atoms with E-state index in [4.69, 9.17) is 4.74 Å². The summed E-state index contributed by atoms with van der Waals surface area (Å²) in [5, 5.41) is 6.92. The Morgan fingerprint density at radius 2 is 1.93 bits per heavy atom. The molecule has 0 radical (unpaired) electrons. The van der Waals surface area contributed by atoms with Gasteiger partial charge < -0.3 is 20.3 Å². The number of nitrogens with one attached hydrogen (secondary N) is 2. The number of rotatable bonds is 7. The molecule has 2 N–H and O–H groups in total. The van der Waals surface area contributed by atoms with Crippen LogP contribution in [0.15, 0.2) is 53.5 Å². The maximum atomic E-state index is 5.29. The van der Waals surface area contributed by atoms with Crippen LogP contribution in [0.4, 0.5) is 5.69 Å². The zero-order valence-corrected chi connectivity index (χ0v) is 17.2. The molecule has 0 aliphatic carbocycles. The van der Waals surface area contributed by atoms with Crippen LogP contribution in [0.3, 0.4) is 0 Å². The number of guanidine groups is 1. The highest BCUT2D eigenvalue weighted by molar-refractivity contribution is 5.80. The van der Waals surface area contributed by atoms with E-state index in [-0.39, 0.29) is 6.04 Å². The third-order valence-corrected chi connectivity index (χ3v) is 5.26. The summed E-state index contributed by atoms with van der Waals surface area (Å²) in [5.74, 6) is 1.72. The van der Waals surface area contributed by atoms with Crippen LogP contribution in [0, 0.1) is 0 Å². The first-order chi connectivity index (χ1) is 13.7. The third kappa shape index (κ3) is 5.41. The SMILES string of the molecule is CN=C(NCCc1cccc(OC)c1)NC(C)c1cccc(N2CCCC2)c1. The lowest BCUT2D eigenvalue weighted by Gasteiger charge is -2.22. The van der Waals surface area contributed by atoms with Gasteiger partial charge in [-0.3, -0.25) is 4.99 Å². The van der Waals surface area contributed by atoms with Crippen LogP contribution in [0.5, 0.6) is 5.75 Å². The number of aliphatic imine (C=N–C) groups is 1. The summed E-state index contributed by atoms with van der Waals surface area (Å²) in [6.45, 7) is 5.32. The highest BCUT2D eigenvalue weighted by Gasteiger charge is 2.14. The van der Waals surface area contributed by atoms with Crippen molar-refractivity contribution in [2.75, 3.05) is 38.7 Å². The topological polar surface area (TPSA) is 48.9 Å². The van der Waals surface area contributed by atoms with Gasteiger partial charge in [-0.1, -0.05) is 24.3 Å². The minimum Gasteiger partial charge on any atom is -0.497 e. The van der Waals surface area contributed by atoms with Gasteiger partial charge in [0.25, 0.3) is 0 Å². The molecule has 1 fully saturated rings. The van der Waals surface area contributed by atoms with E-state index in [1.165, 1.54) is 42.7 Å². The Labute approximate surface area is 168 Å². The molecule has 28 heavy (non-hydrogen) atoms. The summed E-state index contributed by atoms with van der Waals surface area (Å²) in [4.78, 5) is 6.85. The van der Waals surface area contributed by atoms with Crippen molar-refractivity contribution < 1.29 is 4.74 Å². The first-order valence-corrected chi connectivity index (χ1v) is 10.1. The Bertz CT molecular complexity index is 784. The van der Waals surface area contributed by atoms with Crippen LogP contribution in [0.1, 0.15) is 36.9 Å². The average molecular weight is 381 g/mol. The Morgan fingerprint density at radius 3 is 2.68 bits per heavy atom. The second-order valence-corrected chi connectivity index (χ2v) is 7.26. The quantitative estimate of drug-likeness (QED) is 0.567. The summed E-state index contributed by atoms with van der Waals surface area (Å²) in [6.07, 6.45) is 3.50. The Balaban J connectivity index is 1.53. The van der Waals surface area contributed by atoms with Crippen molar-refractivity contribution in [1.29, 1.82) is 0 Å². The highest BCUT2D eigenvalue weighted by atomic mass is 16.5. The van der Waals surface area contributed by atoms with Gasteiger partial charge in [-0.2, -0.15) is 0 Å². The summed E-state index contributed by atoms with van der Waals surface area (Å²) in [6, 6.07) is 17.2. The van der Waals surface area contributed by atoms with Gasteiger partial charge in [-0.05, 0) is 61.6 Å². The standard InChI is InChI=1S/C23H32N4O/c1-18(20-9-7-10-21(17-20)27-14-4-5-15-27)26-23(24-2)25-13-12-19-8-6-11-22(16-19)28-3/h6-11,16-18H,4-5,12-15H2,1-3H3,(H2,24,25,26). The van der Waals surface area contributed by atoms with E-state index in [1.807, 2.05) is 19.2 Å². The van der Waals surface area contributed by atoms with E-state index in [0.29, 0.717) is 0 Å². The molecule has 1 saturated heterocycles. The van der Waals surface area contributed by atoms with E-state index in [0.717, 1.165) is 24.7 Å². The van der Waals surface area contributed by atoms with Gasteiger partial charge in [-0.25, -0.2) is 0 Å². The molecule has 5 nitrogen and oxygen atoms in total. The molecule has 5 heteroatoms. The maximum Gasteiger partial charge on any atom is 0.191 e. The first-order valence-electron chi connectivity index (χ1n) is 10.1. The van der Waals surface area contributed by atoms with Crippen molar-refractivity contribution in [3.63, 3.8) is 0 Å². The van der Waals surface area contributed by atoms with Crippen LogP contribution in [-0.2, 0) is 6.42 Å². The van der Waals surface area contributed by atoms with Crippen molar-refractivity contribution in [3.8, 4) is 5.75 Å². The molecular weight excluding hydrogens is 348 g/mol. The average Bonchev–Trinajstić information content (AvgIpc) is 3.28. The normalized spacial score (nSPS) is 15.4. The van der Waals surface area contributed by atoms with E-state index in [9.17, 15) is 0 Å². The van der Waals surface area contributed by atoms with E-state index in [2.05, 4.69) is 63.8 Å². The van der Waals surface area contributed by atoms with Crippen LogP contribution >= 0.6 is 0 Å². The molecule has 1 heterocycles. The second kappa shape index (κ2) is 10.0. The molecule has 0 amide bonds. The first kappa shape index (κ1) is 20.1. The Hall–Kier alpha value is -2.69. The van der Waals surface area contributed by atoms with Gasteiger partial charge in [-0.15, -0.1) is 0 Å². The molecule has 0 aromatic heterocycles. The zero-order chi connectivity index (χ0) is 19.8. The lowest BCUT2D eigenvalue weighted by atomic mass is 10.1. The molecule has 1 atom stereocenters. The molecule has 150 valence electrons. The smallest absolute Gasteiger partial charge is 0.191 e. The summed E-state index contributed by atoms with van der Waals surface area (Å²) >= 11 is 0. The van der Waals surface area contributed by atoms with Gasteiger partial charge in [0.15, 0.2) is 5.96 Å². The molecule has 0 bridgehead atoms. The molecule has 1 unspecified atom stereocenters. The van der Waals surface area contributed by atoms with Gasteiger partial charge in [0, 0.05) is 32.4 Å². The lowest BCUT2D eigenvalue weighted by Crippen LogP contribution is -2.39. The fraction of sp³-hybridized carbons (Fsp3) is 0.435. The van der Waals surface area contributed by atoms with Crippen molar-refractivity contribution >= 4 is 11.6 Å². The molecule has 0 saturated carbocycles. The fourth-order valence-corrected chi connectivity index (χ4v) is 3.60. The van der Waals surface area contributed by atoms with E-state index in [1.54, 1.807) is 7.11 Å². The fourth-order valence-electron chi connectivity index (χ4n) is 3.60. The number of benzene rings is 2. The number of hydrogen-bond acceptors (Lipinski definition) is 3. The van der Waals surface area contributed by atoms with E-state index >= 15 is 0 Å². The maximum absolute atomic E-state index is 5.29. The number of anilines is 1. The molecular formula is C23H32N4O. The Morgan fingerprint density at radius 1 is 1.14 bits per heavy atom. The summed E-state index contributed by atoms with van der Waals surface area (Å²) < 4.78 is 5.29. The molecule has 1 aliphatic heterocycles. The van der Waals surface area contributed by atoms with E-state index < -0.39 is 0 Å². The van der Waals surface area contributed by atoms with Gasteiger partial charge in [0.05, 0.1) is 13.2 Å². The largest absolute Gasteiger partial charge is 0.497 e. The van der Waals surface area contributed by atoms with Crippen molar-refractivity contribution in [2.24, 2.45) is 4.99 Å². The third-order valence-electron chi connectivity index (χ3n) is 5.26. The Kier molecular flexibility index (Phi) is 7.18. The predicted molar refractivity (Wildman–Crippen MR) is 117 cm³/mol.